The highest BCUT2D eigenvalue weighted by Crippen LogP contribution is 2.54. The molecule has 0 saturated heterocycles. The van der Waals surface area contributed by atoms with Crippen molar-refractivity contribution in [3.8, 4) is 10.4 Å². The summed E-state index contributed by atoms with van der Waals surface area (Å²) in [4.78, 5) is 39.2. The Hall–Kier alpha value is -4.68. The zero-order valence-corrected chi connectivity index (χ0v) is 25.6. The van der Waals surface area contributed by atoms with Gasteiger partial charge in [0, 0.05) is 43.8 Å². The van der Waals surface area contributed by atoms with Gasteiger partial charge in [-0.1, -0.05) is 58.9 Å². The quantitative estimate of drug-likeness (QED) is 0.156. The summed E-state index contributed by atoms with van der Waals surface area (Å²) >= 11 is 1.62. The Labute approximate surface area is 255 Å². The number of rotatable bonds is 4. The topological polar surface area (TPSA) is 63.2 Å². The lowest BCUT2D eigenvalue weighted by Gasteiger charge is -2.28. The van der Waals surface area contributed by atoms with Gasteiger partial charge in [-0.2, -0.15) is 0 Å². The molecule has 2 aromatic carbocycles. The van der Waals surface area contributed by atoms with Crippen LogP contribution in [0.15, 0.2) is 96.8 Å². The fourth-order valence-corrected chi connectivity index (χ4v) is 7.38. The Morgan fingerprint density at radius 1 is 0.767 bits per heavy atom. The monoisotopic (exact) mass is 581 g/mol. The number of pyridine rings is 2. The molecule has 212 valence electrons. The lowest BCUT2D eigenvalue weighted by molar-refractivity contribution is 0.0989. The van der Waals surface area contributed by atoms with E-state index in [2.05, 4.69) is 105 Å². The molecule has 6 heteroatoms. The van der Waals surface area contributed by atoms with Gasteiger partial charge >= 0.3 is 0 Å². The number of benzene rings is 2. The van der Waals surface area contributed by atoms with E-state index in [0.717, 1.165) is 27.6 Å². The molecule has 0 aliphatic heterocycles. The van der Waals surface area contributed by atoms with E-state index in [9.17, 15) is 9.59 Å². The number of Topliss-reactive ketones (excluding diaryl/α,β-unsaturated/α-hetero) is 2. The third kappa shape index (κ3) is 4.36. The van der Waals surface area contributed by atoms with Crippen molar-refractivity contribution >= 4 is 46.0 Å². The Bertz CT molecular complexity index is 1920. The summed E-state index contributed by atoms with van der Waals surface area (Å²) in [6, 6.07) is 26.8. The van der Waals surface area contributed by atoms with Crippen LogP contribution < -0.4 is 4.90 Å². The van der Waals surface area contributed by atoms with E-state index in [1.54, 1.807) is 35.7 Å². The summed E-state index contributed by atoms with van der Waals surface area (Å²) in [6.07, 6.45) is 5.25. The highest BCUT2D eigenvalue weighted by atomic mass is 32.1. The summed E-state index contributed by atoms with van der Waals surface area (Å²) in [5, 5.41) is 0. The van der Waals surface area contributed by atoms with Crippen molar-refractivity contribution in [3.05, 3.63) is 130 Å². The standard InChI is InChI=1S/C37H31N3O2S/c1-36(2,3)31-16-14-24(21-39-31)40(22-10-7-6-8-11-22)23-13-15-26-29(18-23)37(4,5)30-20-25(43-35(26)30)19-28-33(41)27-12-9-17-38-32(27)34(28)42/h6-21H,1-5H3/b28-19+. The molecule has 0 radical (unpaired) electrons. The number of para-hydroxylation sites is 1. The Morgan fingerprint density at radius 2 is 1.53 bits per heavy atom. The van der Waals surface area contributed by atoms with Crippen LogP contribution in [0.3, 0.4) is 0 Å². The molecule has 0 fully saturated rings. The van der Waals surface area contributed by atoms with Crippen LogP contribution in [0.2, 0.25) is 0 Å². The predicted octanol–water partition coefficient (Wildman–Crippen LogP) is 9.07. The number of anilines is 3. The van der Waals surface area contributed by atoms with E-state index >= 15 is 0 Å². The molecule has 2 aliphatic carbocycles. The van der Waals surface area contributed by atoms with E-state index in [0.29, 0.717) is 5.56 Å². The van der Waals surface area contributed by atoms with Crippen LogP contribution in [-0.2, 0) is 10.8 Å². The van der Waals surface area contributed by atoms with E-state index in [-0.39, 0.29) is 33.7 Å². The maximum absolute atomic E-state index is 13.0. The minimum absolute atomic E-state index is 0.0287. The molecular weight excluding hydrogens is 550 g/mol. The number of carbonyl (C=O) groups excluding carboxylic acids is 2. The van der Waals surface area contributed by atoms with Crippen LogP contribution in [0.1, 0.15) is 77.2 Å². The van der Waals surface area contributed by atoms with Gasteiger partial charge in [0.05, 0.1) is 23.0 Å². The minimum atomic E-state index is -0.301. The zero-order valence-electron chi connectivity index (χ0n) is 24.8. The first-order chi connectivity index (χ1) is 20.5. The van der Waals surface area contributed by atoms with Gasteiger partial charge in [-0.15, -0.1) is 11.3 Å². The molecule has 43 heavy (non-hydrogen) atoms. The van der Waals surface area contributed by atoms with Crippen LogP contribution >= 0.6 is 11.3 Å². The average Bonchev–Trinajstić information content (AvgIpc) is 3.59. The second kappa shape index (κ2) is 9.68. The van der Waals surface area contributed by atoms with Crippen molar-refractivity contribution in [2.75, 3.05) is 4.90 Å². The maximum atomic E-state index is 13.0. The largest absolute Gasteiger partial charge is 0.309 e. The molecule has 0 unspecified atom stereocenters. The van der Waals surface area contributed by atoms with E-state index in [1.165, 1.54) is 21.6 Å². The number of nitrogens with zero attached hydrogens (tertiary/aromatic N) is 3. The summed E-state index contributed by atoms with van der Waals surface area (Å²) in [6.45, 7) is 11.0. The van der Waals surface area contributed by atoms with Gasteiger partial charge in [0.1, 0.15) is 5.69 Å². The summed E-state index contributed by atoms with van der Waals surface area (Å²) < 4.78 is 0. The normalized spacial score (nSPS) is 15.9. The second-order valence-electron chi connectivity index (χ2n) is 12.7. The lowest BCUT2D eigenvalue weighted by atomic mass is 9.82. The number of carbonyl (C=O) groups is 2. The number of fused-ring (bicyclic) bond motifs is 4. The van der Waals surface area contributed by atoms with E-state index in [1.807, 2.05) is 12.3 Å². The maximum Gasteiger partial charge on any atom is 0.216 e. The third-order valence-electron chi connectivity index (χ3n) is 8.44. The number of ketones is 2. The fourth-order valence-electron chi connectivity index (χ4n) is 6.08. The van der Waals surface area contributed by atoms with Crippen molar-refractivity contribution in [1.29, 1.82) is 0 Å². The Balaban J connectivity index is 1.28. The number of aromatic nitrogens is 2. The highest BCUT2D eigenvalue weighted by Gasteiger charge is 2.39. The Kier molecular flexibility index (Phi) is 6.12. The van der Waals surface area contributed by atoms with Crippen molar-refractivity contribution < 1.29 is 9.59 Å². The van der Waals surface area contributed by atoms with Crippen LogP contribution in [0.5, 0.6) is 0 Å². The molecule has 0 atom stereocenters. The number of hydrogen-bond acceptors (Lipinski definition) is 6. The smallest absolute Gasteiger partial charge is 0.216 e. The van der Waals surface area contributed by atoms with Gasteiger partial charge in [-0.05, 0) is 77.4 Å². The molecule has 0 saturated carbocycles. The van der Waals surface area contributed by atoms with Gasteiger partial charge < -0.3 is 4.90 Å². The van der Waals surface area contributed by atoms with Crippen molar-refractivity contribution in [2.24, 2.45) is 0 Å². The third-order valence-corrected chi connectivity index (χ3v) is 9.55. The number of allylic oxidation sites excluding steroid dienone is 1. The SMILES string of the molecule is CC(C)(C)c1ccc(N(c2ccccc2)c2ccc3c(c2)C(C)(C)c2cc(/C=C4\C(=O)c5cccnc5C4=O)sc2-3)cn1. The van der Waals surface area contributed by atoms with Gasteiger partial charge in [0.15, 0.2) is 5.78 Å². The van der Waals surface area contributed by atoms with Crippen molar-refractivity contribution in [2.45, 2.75) is 45.4 Å². The molecule has 3 heterocycles. The molecule has 5 aromatic rings. The molecule has 5 nitrogen and oxygen atoms in total. The van der Waals surface area contributed by atoms with E-state index < -0.39 is 0 Å². The molecule has 0 amide bonds. The number of hydrogen-bond donors (Lipinski definition) is 0. The molecule has 0 N–H and O–H groups in total. The van der Waals surface area contributed by atoms with Crippen LogP contribution in [0.4, 0.5) is 17.1 Å². The first kappa shape index (κ1) is 27.2. The van der Waals surface area contributed by atoms with Gasteiger partial charge in [-0.3, -0.25) is 19.6 Å². The van der Waals surface area contributed by atoms with E-state index in [4.69, 9.17) is 4.98 Å². The molecule has 7 rings (SSSR count). The van der Waals surface area contributed by atoms with Crippen LogP contribution in [0.25, 0.3) is 16.5 Å². The van der Waals surface area contributed by atoms with Gasteiger partial charge in [0.2, 0.25) is 5.78 Å². The molecule has 0 spiro atoms. The Morgan fingerprint density at radius 3 is 2.23 bits per heavy atom. The fraction of sp³-hybridized carbons (Fsp3) is 0.189. The van der Waals surface area contributed by atoms with Gasteiger partial charge in [-0.25, -0.2) is 0 Å². The van der Waals surface area contributed by atoms with Gasteiger partial charge in [0.25, 0.3) is 0 Å². The zero-order chi connectivity index (χ0) is 30.1. The number of thiophene rings is 1. The minimum Gasteiger partial charge on any atom is -0.309 e. The molecule has 0 bridgehead atoms. The molecule has 2 aliphatic rings. The molecule has 3 aromatic heterocycles. The summed E-state index contributed by atoms with van der Waals surface area (Å²) in [5.41, 5.74) is 8.32. The van der Waals surface area contributed by atoms with Crippen molar-refractivity contribution in [3.63, 3.8) is 0 Å². The molecular formula is C37H31N3O2S. The first-order valence-electron chi connectivity index (χ1n) is 14.4. The first-order valence-corrected chi connectivity index (χ1v) is 15.2. The van der Waals surface area contributed by atoms with Crippen LogP contribution in [-0.4, -0.2) is 21.5 Å². The van der Waals surface area contributed by atoms with Crippen molar-refractivity contribution in [1.82, 2.24) is 9.97 Å². The predicted molar refractivity (Wildman–Crippen MR) is 174 cm³/mol. The summed E-state index contributed by atoms with van der Waals surface area (Å²) in [5.74, 6) is -0.554. The highest BCUT2D eigenvalue weighted by molar-refractivity contribution is 7.16. The summed E-state index contributed by atoms with van der Waals surface area (Å²) in [7, 11) is 0. The van der Waals surface area contributed by atoms with Crippen LogP contribution in [0, 0.1) is 0 Å². The second-order valence-corrected chi connectivity index (χ2v) is 13.8. The average molecular weight is 582 g/mol. The lowest BCUT2D eigenvalue weighted by Crippen LogP contribution is -2.17.